The van der Waals surface area contributed by atoms with Crippen LogP contribution in [-0.4, -0.2) is 24.0 Å². The van der Waals surface area contributed by atoms with Crippen LogP contribution in [0.5, 0.6) is 11.5 Å². The molecule has 25 heavy (non-hydrogen) atoms. The predicted molar refractivity (Wildman–Crippen MR) is 94.8 cm³/mol. The topological polar surface area (TPSA) is 90.7 Å². The summed E-state index contributed by atoms with van der Waals surface area (Å²) in [5.74, 6) is -0.276. The Morgan fingerprint density at radius 2 is 1.96 bits per heavy atom. The summed E-state index contributed by atoms with van der Waals surface area (Å²) in [5, 5.41) is 14.4. The van der Waals surface area contributed by atoms with Gasteiger partial charge in [0, 0.05) is 5.02 Å². The predicted octanol–water partition coefficient (Wildman–Crippen LogP) is 4.32. The van der Waals surface area contributed by atoms with Crippen LogP contribution in [-0.2, 0) is 4.79 Å². The Labute approximate surface area is 153 Å². The van der Waals surface area contributed by atoms with Gasteiger partial charge in [-0.15, -0.1) is 0 Å². The van der Waals surface area contributed by atoms with Gasteiger partial charge in [-0.25, -0.2) is 0 Å². The lowest BCUT2D eigenvalue weighted by molar-refractivity contribution is -0.386. The number of carbonyl (C=O) groups is 1. The molecule has 9 heteroatoms. The first-order valence-electron chi connectivity index (χ1n) is 7.07. The molecule has 2 rings (SSSR count). The maximum atomic E-state index is 12.3. The number of halogens is 2. The van der Waals surface area contributed by atoms with Gasteiger partial charge in [-0.05, 0) is 37.3 Å². The van der Waals surface area contributed by atoms with Crippen LogP contribution in [0.2, 0.25) is 10.0 Å². The molecule has 2 aromatic carbocycles. The van der Waals surface area contributed by atoms with Gasteiger partial charge < -0.3 is 14.8 Å². The van der Waals surface area contributed by atoms with Crippen molar-refractivity contribution in [3.05, 3.63) is 56.6 Å². The Balaban J connectivity index is 2.16. The minimum absolute atomic E-state index is 0.0503. The average Bonchev–Trinajstić information content (AvgIpc) is 2.58. The van der Waals surface area contributed by atoms with E-state index in [0.717, 1.165) is 0 Å². The van der Waals surface area contributed by atoms with E-state index in [1.807, 2.05) is 0 Å². The number of nitrogens with zero attached hydrogens (tertiary/aromatic N) is 1. The van der Waals surface area contributed by atoms with Gasteiger partial charge in [0.25, 0.3) is 5.91 Å². The van der Waals surface area contributed by atoms with Gasteiger partial charge in [0.15, 0.2) is 11.9 Å². The minimum atomic E-state index is -1.01. The van der Waals surface area contributed by atoms with Crippen molar-refractivity contribution in [1.29, 1.82) is 0 Å². The number of nitrogens with one attached hydrogen (secondary N) is 1. The van der Waals surface area contributed by atoms with Crippen molar-refractivity contribution >= 4 is 40.5 Å². The van der Waals surface area contributed by atoms with Gasteiger partial charge in [0.2, 0.25) is 0 Å². The first-order chi connectivity index (χ1) is 11.8. The van der Waals surface area contributed by atoms with Crippen LogP contribution in [0.3, 0.4) is 0 Å². The molecule has 132 valence electrons. The monoisotopic (exact) mass is 384 g/mol. The third-order valence-corrected chi connectivity index (χ3v) is 3.79. The molecule has 0 saturated carbocycles. The maximum absolute atomic E-state index is 12.3. The Kier molecular flexibility index (Phi) is 6.06. The smallest absolute Gasteiger partial charge is 0.314 e. The zero-order chi connectivity index (χ0) is 18.6. The van der Waals surface area contributed by atoms with Gasteiger partial charge in [-0.3, -0.25) is 14.9 Å². The van der Waals surface area contributed by atoms with E-state index in [0.29, 0.717) is 21.5 Å². The molecule has 0 spiro atoms. The third kappa shape index (κ3) is 4.74. The van der Waals surface area contributed by atoms with E-state index in [-0.39, 0.29) is 11.4 Å². The number of benzene rings is 2. The Morgan fingerprint density at radius 1 is 1.24 bits per heavy atom. The largest absolute Gasteiger partial charge is 0.496 e. The van der Waals surface area contributed by atoms with Gasteiger partial charge >= 0.3 is 5.69 Å². The highest BCUT2D eigenvalue weighted by atomic mass is 35.5. The second kappa shape index (κ2) is 8.04. The summed E-state index contributed by atoms with van der Waals surface area (Å²) in [4.78, 5) is 22.8. The van der Waals surface area contributed by atoms with E-state index in [9.17, 15) is 14.9 Å². The van der Waals surface area contributed by atoms with Gasteiger partial charge in [-0.1, -0.05) is 23.2 Å². The molecule has 0 aliphatic heterocycles. The van der Waals surface area contributed by atoms with Crippen LogP contribution in [0, 0.1) is 10.1 Å². The summed E-state index contributed by atoms with van der Waals surface area (Å²) in [5.41, 5.74) is 0.0126. The second-order valence-electron chi connectivity index (χ2n) is 4.96. The van der Waals surface area contributed by atoms with Crippen molar-refractivity contribution in [2.75, 3.05) is 12.4 Å². The molecule has 0 heterocycles. The van der Waals surface area contributed by atoms with Crippen molar-refractivity contribution in [2.45, 2.75) is 13.0 Å². The first kappa shape index (κ1) is 18.8. The molecule has 0 fully saturated rings. The van der Waals surface area contributed by atoms with Crippen molar-refractivity contribution in [3.63, 3.8) is 0 Å². The first-order valence-corrected chi connectivity index (χ1v) is 7.82. The molecule has 0 saturated heterocycles. The van der Waals surface area contributed by atoms with Crippen LogP contribution >= 0.6 is 23.2 Å². The number of rotatable bonds is 6. The normalized spacial score (nSPS) is 11.5. The van der Waals surface area contributed by atoms with E-state index in [2.05, 4.69) is 5.32 Å². The summed E-state index contributed by atoms with van der Waals surface area (Å²) < 4.78 is 10.4. The number of hydrogen-bond acceptors (Lipinski definition) is 5. The molecule has 0 radical (unpaired) electrons. The number of hydrogen-bond donors (Lipinski definition) is 1. The SMILES string of the molecule is COc1ccc(OC(C)C(=O)Nc2cc(Cl)ccc2Cl)c([N+](=O)[O-])c1. The number of nitro groups is 1. The molecule has 1 amide bonds. The number of carbonyl (C=O) groups excluding carboxylic acids is 1. The van der Waals surface area contributed by atoms with Crippen molar-refractivity contribution in [2.24, 2.45) is 0 Å². The molecular formula is C16H14Cl2N2O5. The molecule has 0 aliphatic carbocycles. The highest BCUT2D eigenvalue weighted by Gasteiger charge is 2.22. The number of methoxy groups -OCH3 is 1. The van der Waals surface area contributed by atoms with E-state index in [1.165, 1.54) is 38.3 Å². The zero-order valence-corrected chi connectivity index (χ0v) is 14.8. The van der Waals surface area contributed by atoms with Crippen LogP contribution < -0.4 is 14.8 Å². The van der Waals surface area contributed by atoms with Gasteiger partial charge in [0.1, 0.15) is 5.75 Å². The van der Waals surface area contributed by atoms with Crippen LogP contribution in [0.1, 0.15) is 6.92 Å². The lowest BCUT2D eigenvalue weighted by Crippen LogP contribution is -2.30. The molecule has 1 atom stereocenters. The van der Waals surface area contributed by atoms with E-state index >= 15 is 0 Å². The molecule has 0 aliphatic rings. The van der Waals surface area contributed by atoms with Gasteiger partial charge in [0.05, 0.1) is 28.8 Å². The van der Waals surface area contributed by atoms with E-state index in [4.69, 9.17) is 32.7 Å². The summed E-state index contributed by atoms with van der Waals surface area (Å²) in [6.45, 7) is 1.46. The lowest BCUT2D eigenvalue weighted by atomic mass is 10.2. The Hall–Kier alpha value is -2.51. The molecule has 2 aromatic rings. The number of nitro benzene ring substituents is 1. The molecule has 1 N–H and O–H groups in total. The van der Waals surface area contributed by atoms with Crippen LogP contribution in [0.4, 0.5) is 11.4 Å². The van der Waals surface area contributed by atoms with Crippen LogP contribution in [0.25, 0.3) is 0 Å². The maximum Gasteiger partial charge on any atom is 0.314 e. The second-order valence-corrected chi connectivity index (χ2v) is 5.81. The molecule has 0 bridgehead atoms. The minimum Gasteiger partial charge on any atom is -0.496 e. The molecule has 0 aromatic heterocycles. The highest BCUT2D eigenvalue weighted by Crippen LogP contribution is 2.32. The summed E-state index contributed by atoms with van der Waals surface area (Å²) >= 11 is 11.9. The van der Waals surface area contributed by atoms with Gasteiger partial charge in [-0.2, -0.15) is 0 Å². The number of amides is 1. The molecule has 7 nitrogen and oxygen atoms in total. The van der Waals surface area contributed by atoms with E-state index in [1.54, 1.807) is 12.1 Å². The summed E-state index contributed by atoms with van der Waals surface area (Å²) in [6, 6.07) is 8.70. The van der Waals surface area contributed by atoms with Crippen molar-refractivity contribution in [3.8, 4) is 11.5 Å². The molecular weight excluding hydrogens is 371 g/mol. The highest BCUT2D eigenvalue weighted by molar-refractivity contribution is 6.35. The Bertz CT molecular complexity index is 813. The van der Waals surface area contributed by atoms with Crippen molar-refractivity contribution < 1.29 is 19.2 Å². The quantitative estimate of drug-likeness (QED) is 0.591. The summed E-state index contributed by atoms with van der Waals surface area (Å²) in [6.07, 6.45) is -1.01. The lowest BCUT2D eigenvalue weighted by Gasteiger charge is -2.15. The molecule has 1 unspecified atom stereocenters. The average molecular weight is 385 g/mol. The zero-order valence-electron chi connectivity index (χ0n) is 13.3. The summed E-state index contributed by atoms with van der Waals surface area (Å²) in [7, 11) is 1.39. The Morgan fingerprint density at radius 3 is 2.60 bits per heavy atom. The third-order valence-electron chi connectivity index (χ3n) is 3.22. The fraction of sp³-hybridized carbons (Fsp3) is 0.188. The number of anilines is 1. The van der Waals surface area contributed by atoms with E-state index < -0.39 is 16.9 Å². The number of ether oxygens (including phenoxy) is 2. The van der Waals surface area contributed by atoms with Crippen molar-refractivity contribution in [1.82, 2.24) is 0 Å². The standard InChI is InChI=1S/C16H14Cl2N2O5/c1-9(16(21)19-13-7-10(17)3-5-12(13)18)25-15-6-4-11(24-2)8-14(15)20(22)23/h3-9H,1-2H3,(H,19,21). The fourth-order valence-corrected chi connectivity index (χ4v) is 2.28. The fourth-order valence-electron chi connectivity index (χ4n) is 1.94. The van der Waals surface area contributed by atoms with Crippen LogP contribution in [0.15, 0.2) is 36.4 Å².